The van der Waals surface area contributed by atoms with Gasteiger partial charge in [-0.3, -0.25) is 4.79 Å². The number of amides is 1. The Bertz CT molecular complexity index is 1010. The molecule has 0 aromatic heterocycles. The molecule has 1 amide bonds. The zero-order valence-electron chi connectivity index (χ0n) is 15.0. The zero-order valence-corrected chi connectivity index (χ0v) is 15.8. The fourth-order valence-corrected chi connectivity index (χ4v) is 3.18. The predicted molar refractivity (Wildman–Crippen MR) is 101 cm³/mol. The van der Waals surface area contributed by atoms with Crippen LogP contribution in [0.15, 0.2) is 42.5 Å². The fourth-order valence-electron chi connectivity index (χ4n) is 2.16. The molecule has 0 aliphatic carbocycles. The number of benzene rings is 2. The molecule has 0 unspecified atom stereocenters. The molecule has 0 saturated carbocycles. The van der Waals surface area contributed by atoms with Crippen LogP contribution >= 0.6 is 0 Å². The summed E-state index contributed by atoms with van der Waals surface area (Å²) in [5, 5.41) is 2.62. The molecule has 0 heterocycles. The largest absolute Gasteiger partial charge is 0.481 e. The van der Waals surface area contributed by atoms with Gasteiger partial charge in [0.25, 0.3) is 0 Å². The van der Waals surface area contributed by atoms with E-state index in [-0.39, 0.29) is 24.6 Å². The molecule has 2 rings (SSSR count). The maximum Gasteiger partial charge on any atom is 0.221 e. The van der Waals surface area contributed by atoms with E-state index in [1.807, 2.05) is 0 Å². The lowest BCUT2D eigenvalue weighted by atomic mass is 10.2. The van der Waals surface area contributed by atoms with Crippen LogP contribution < -0.4 is 14.8 Å². The number of sulfonamides is 1. The van der Waals surface area contributed by atoms with Crippen molar-refractivity contribution >= 4 is 21.6 Å². The fraction of sp³-hybridized carbons (Fsp3) is 0.211. The maximum atomic E-state index is 13.5. The number of hydrogen-bond acceptors (Lipinski definition) is 4. The second kappa shape index (κ2) is 9.82. The minimum atomic E-state index is -3.87. The lowest BCUT2D eigenvalue weighted by Crippen LogP contribution is -2.26. The van der Waals surface area contributed by atoms with Gasteiger partial charge in [0.2, 0.25) is 15.9 Å². The Hall–Kier alpha value is -2.96. The number of carbonyl (C=O) groups is 1. The van der Waals surface area contributed by atoms with E-state index in [0.29, 0.717) is 11.4 Å². The average Bonchev–Trinajstić information content (AvgIpc) is 2.60. The third-order valence-corrected chi connectivity index (χ3v) is 4.60. The van der Waals surface area contributed by atoms with Crippen LogP contribution in [0.3, 0.4) is 0 Å². The van der Waals surface area contributed by atoms with Gasteiger partial charge in [-0.25, -0.2) is 21.9 Å². The summed E-state index contributed by atoms with van der Waals surface area (Å²) in [6.07, 6.45) is 0. The molecule has 0 atom stereocenters. The molecule has 2 aromatic rings. The number of rotatable bonds is 7. The first kappa shape index (κ1) is 21.3. The van der Waals surface area contributed by atoms with Crippen LogP contribution in [0.2, 0.25) is 0 Å². The van der Waals surface area contributed by atoms with Crippen molar-refractivity contribution in [1.29, 1.82) is 0 Å². The van der Waals surface area contributed by atoms with Crippen molar-refractivity contribution < 1.29 is 26.7 Å². The summed E-state index contributed by atoms with van der Waals surface area (Å²) >= 11 is 0. The molecule has 9 heteroatoms. The van der Waals surface area contributed by atoms with Gasteiger partial charge >= 0.3 is 0 Å². The predicted octanol–water partition coefficient (Wildman–Crippen LogP) is 2.43. The van der Waals surface area contributed by atoms with Crippen LogP contribution in [0.25, 0.3) is 0 Å². The number of hydrogen-bond donors (Lipinski definition) is 2. The summed E-state index contributed by atoms with van der Waals surface area (Å²) in [5.74, 6) is 3.28. The molecule has 0 fully saturated rings. The Labute approximate surface area is 162 Å². The molecule has 0 aliphatic heterocycles. The van der Waals surface area contributed by atoms with Gasteiger partial charge in [-0.15, -0.1) is 0 Å². The van der Waals surface area contributed by atoms with E-state index in [1.165, 1.54) is 6.92 Å². The van der Waals surface area contributed by atoms with E-state index < -0.39 is 27.4 Å². The summed E-state index contributed by atoms with van der Waals surface area (Å²) in [7, 11) is -3.87. The molecule has 0 aliphatic rings. The van der Waals surface area contributed by atoms with Crippen molar-refractivity contribution in [1.82, 2.24) is 4.72 Å². The van der Waals surface area contributed by atoms with Gasteiger partial charge in [0.05, 0.1) is 12.3 Å². The number of anilines is 1. The van der Waals surface area contributed by atoms with Crippen LogP contribution in [0.5, 0.6) is 5.75 Å². The van der Waals surface area contributed by atoms with Crippen LogP contribution in [0.4, 0.5) is 14.5 Å². The number of nitrogens with one attached hydrogen (secondary N) is 2. The topological polar surface area (TPSA) is 84.5 Å². The molecule has 148 valence electrons. The van der Waals surface area contributed by atoms with Crippen LogP contribution in [0.1, 0.15) is 12.5 Å². The first-order chi connectivity index (χ1) is 13.2. The van der Waals surface area contributed by atoms with Gasteiger partial charge in [0.1, 0.15) is 24.0 Å². The Morgan fingerprint density at radius 1 is 1.14 bits per heavy atom. The van der Waals surface area contributed by atoms with E-state index in [0.717, 1.165) is 18.2 Å². The smallest absolute Gasteiger partial charge is 0.221 e. The van der Waals surface area contributed by atoms with Crippen LogP contribution in [-0.4, -0.2) is 27.5 Å². The Kier molecular flexibility index (Phi) is 7.49. The lowest BCUT2D eigenvalue weighted by molar-refractivity contribution is -0.114. The number of halogens is 2. The van der Waals surface area contributed by atoms with Gasteiger partial charge in [0.15, 0.2) is 0 Å². The van der Waals surface area contributed by atoms with Crippen molar-refractivity contribution in [2.45, 2.75) is 12.7 Å². The summed E-state index contributed by atoms with van der Waals surface area (Å²) in [6.45, 7) is 1.20. The molecular weight excluding hydrogens is 390 g/mol. The van der Waals surface area contributed by atoms with Gasteiger partial charge in [0, 0.05) is 24.2 Å². The van der Waals surface area contributed by atoms with E-state index in [1.54, 1.807) is 24.3 Å². The van der Waals surface area contributed by atoms with E-state index in [9.17, 15) is 22.0 Å². The third kappa shape index (κ3) is 7.34. The molecule has 0 spiro atoms. The molecule has 28 heavy (non-hydrogen) atoms. The van der Waals surface area contributed by atoms with Crippen molar-refractivity contribution in [3.05, 3.63) is 59.7 Å². The standard InChI is InChI=1S/C19H18F2N2O4S/c1-14(24)23-17-5-4-6-18(12-17)27-10-3-2-9-22-28(25,26)13-15-11-16(20)7-8-19(15)21/h4-8,11-12,22H,9-10,13H2,1H3,(H,23,24). The molecule has 0 radical (unpaired) electrons. The van der Waals surface area contributed by atoms with Crippen molar-refractivity contribution in [2.24, 2.45) is 0 Å². The van der Waals surface area contributed by atoms with Gasteiger partial charge < -0.3 is 10.1 Å². The summed E-state index contributed by atoms with van der Waals surface area (Å²) < 4.78 is 58.0. The quantitative estimate of drug-likeness (QED) is 0.690. The SMILES string of the molecule is CC(=O)Nc1cccc(OCC#CCNS(=O)(=O)Cc2cc(F)ccc2F)c1. The van der Waals surface area contributed by atoms with E-state index in [4.69, 9.17) is 4.74 Å². The minimum Gasteiger partial charge on any atom is -0.481 e. The summed E-state index contributed by atoms with van der Waals surface area (Å²) in [6, 6.07) is 9.34. The minimum absolute atomic E-state index is 0.00375. The summed E-state index contributed by atoms with van der Waals surface area (Å²) in [4.78, 5) is 11.0. The number of ether oxygens (including phenoxy) is 1. The molecule has 2 N–H and O–H groups in total. The van der Waals surface area contributed by atoms with Gasteiger partial charge in [-0.05, 0) is 30.3 Å². The first-order valence-corrected chi connectivity index (χ1v) is 9.78. The Balaban J connectivity index is 1.81. The highest BCUT2D eigenvalue weighted by Crippen LogP contribution is 2.17. The molecule has 0 bridgehead atoms. The number of carbonyl (C=O) groups excluding carboxylic acids is 1. The van der Waals surface area contributed by atoms with Gasteiger partial charge in [-0.2, -0.15) is 0 Å². The van der Waals surface area contributed by atoms with Crippen molar-refractivity contribution in [3.63, 3.8) is 0 Å². The normalized spacial score (nSPS) is 10.7. The second-order valence-corrected chi connectivity index (χ2v) is 7.47. The lowest BCUT2D eigenvalue weighted by Gasteiger charge is -2.06. The molecular formula is C19H18F2N2O4S. The highest BCUT2D eigenvalue weighted by Gasteiger charge is 2.14. The van der Waals surface area contributed by atoms with E-state index in [2.05, 4.69) is 21.9 Å². The van der Waals surface area contributed by atoms with Gasteiger partial charge in [-0.1, -0.05) is 17.9 Å². The first-order valence-electron chi connectivity index (χ1n) is 8.12. The monoisotopic (exact) mass is 408 g/mol. The van der Waals surface area contributed by atoms with Crippen molar-refractivity contribution in [3.8, 4) is 17.6 Å². The highest BCUT2D eigenvalue weighted by atomic mass is 32.2. The molecule has 2 aromatic carbocycles. The van der Waals surface area contributed by atoms with E-state index >= 15 is 0 Å². The zero-order chi connectivity index (χ0) is 20.6. The average molecular weight is 408 g/mol. The Morgan fingerprint density at radius 3 is 2.68 bits per heavy atom. The van der Waals surface area contributed by atoms with Crippen LogP contribution in [-0.2, 0) is 20.6 Å². The van der Waals surface area contributed by atoms with Crippen LogP contribution in [0, 0.1) is 23.5 Å². The highest BCUT2D eigenvalue weighted by molar-refractivity contribution is 7.88. The molecule has 0 saturated heterocycles. The third-order valence-electron chi connectivity index (χ3n) is 3.32. The molecule has 6 nitrogen and oxygen atoms in total. The second-order valence-electron chi connectivity index (χ2n) is 5.67. The van der Waals surface area contributed by atoms with Crippen molar-refractivity contribution in [2.75, 3.05) is 18.5 Å². The Morgan fingerprint density at radius 2 is 1.93 bits per heavy atom. The maximum absolute atomic E-state index is 13.5. The summed E-state index contributed by atoms with van der Waals surface area (Å²) in [5.41, 5.74) is 0.318.